The topological polar surface area (TPSA) is 112 Å². The van der Waals surface area contributed by atoms with Gasteiger partial charge in [-0.2, -0.15) is 0 Å². The van der Waals surface area contributed by atoms with Crippen LogP contribution in [-0.4, -0.2) is 29.9 Å². The van der Waals surface area contributed by atoms with Gasteiger partial charge in [0.1, 0.15) is 12.5 Å². The number of hydrogen-bond acceptors (Lipinski definition) is 7. The first-order chi connectivity index (χ1) is 15.5. The highest BCUT2D eigenvalue weighted by molar-refractivity contribution is 6.05. The summed E-state index contributed by atoms with van der Waals surface area (Å²) in [7, 11) is 1.24. The van der Waals surface area contributed by atoms with E-state index < -0.39 is 23.8 Å². The maximum atomic E-state index is 13.2. The molecule has 0 aliphatic carbocycles. The molecule has 1 unspecified atom stereocenters. The molecule has 0 fully saturated rings. The van der Waals surface area contributed by atoms with Crippen LogP contribution in [0, 0.1) is 5.92 Å². The van der Waals surface area contributed by atoms with E-state index in [1.165, 1.54) is 25.4 Å². The van der Waals surface area contributed by atoms with Crippen molar-refractivity contribution in [2.24, 2.45) is 11.8 Å². The number of nitrogens with two attached hydrogens (primary N) is 1. The Labute approximate surface area is 185 Å². The molecule has 0 aliphatic rings. The third-order valence-electron chi connectivity index (χ3n) is 4.74. The lowest BCUT2D eigenvalue weighted by atomic mass is 9.98. The molecule has 3 rings (SSSR count). The molecule has 2 N–H and O–H groups in total. The minimum atomic E-state index is -1.20. The molecule has 3 aromatic rings. The van der Waals surface area contributed by atoms with Gasteiger partial charge in [-0.05, 0) is 29.7 Å². The lowest BCUT2D eigenvalue weighted by molar-refractivity contribution is -0.153. The highest BCUT2D eigenvalue weighted by Gasteiger charge is 2.33. The van der Waals surface area contributed by atoms with Crippen LogP contribution in [0.5, 0.6) is 0 Å². The van der Waals surface area contributed by atoms with Crippen molar-refractivity contribution in [1.29, 1.82) is 0 Å². The van der Waals surface area contributed by atoms with Gasteiger partial charge in [-0.25, -0.2) is 20.6 Å². The molecule has 8 heteroatoms. The van der Waals surface area contributed by atoms with Gasteiger partial charge in [0, 0.05) is 6.20 Å². The van der Waals surface area contributed by atoms with E-state index in [-0.39, 0.29) is 24.4 Å². The number of benzene rings is 2. The van der Waals surface area contributed by atoms with Gasteiger partial charge in [-0.3, -0.25) is 9.59 Å². The molecule has 0 radical (unpaired) electrons. The molecule has 0 saturated carbocycles. The van der Waals surface area contributed by atoms with Crippen LogP contribution < -0.4 is 10.9 Å². The fourth-order valence-corrected chi connectivity index (χ4v) is 3.03. The number of nitrogens with zero attached hydrogens (tertiary/aromatic N) is 2. The lowest BCUT2D eigenvalue weighted by Gasteiger charge is -2.22. The standard InChI is InChI=1S/C24H23N3O5/c1-31-23(29)19-12-13-26-21(15-19)27(25)22(28)20(14-17-8-4-2-5-9-17)24(30)32-16-18-10-6-3-7-11-18/h2-13,15,20H,14,16,25H2,1H3. The average molecular weight is 433 g/mol. The van der Waals surface area contributed by atoms with Gasteiger partial charge in [0.15, 0.2) is 5.82 Å². The molecule has 8 nitrogen and oxygen atoms in total. The first-order valence-corrected chi connectivity index (χ1v) is 9.87. The fraction of sp³-hybridized carbons (Fsp3) is 0.167. The van der Waals surface area contributed by atoms with Crippen molar-refractivity contribution < 1.29 is 23.9 Å². The van der Waals surface area contributed by atoms with Crippen LogP contribution in [0.2, 0.25) is 0 Å². The van der Waals surface area contributed by atoms with Gasteiger partial charge in [0.25, 0.3) is 5.91 Å². The second-order valence-electron chi connectivity index (χ2n) is 6.94. The van der Waals surface area contributed by atoms with Crippen molar-refractivity contribution in [2.75, 3.05) is 12.1 Å². The number of methoxy groups -OCH3 is 1. The van der Waals surface area contributed by atoms with Crippen molar-refractivity contribution in [1.82, 2.24) is 4.98 Å². The van der Waals surface area contributed by atoms with E-state index >= 15 is 0 Å². The van der Waals surface area contributed by atoms with E-state index in [0.717, 1.165) is 16.1 Å². The quantitative estimate of drug-likeness (QED) is 0.191. The zero-order valence-electron chi connectivity index (χ0n) is 17.5. The molecule has 2 aromatic carbocycles. The number of amides is 1. The first kappa shape index (κ1) is 22.6. The van der Waals surface area contributed by atoms with E-state index in [1.54, 1.807) is 0 Å². The SMILES string of the molecule is COC(=O)c1ccnc(N(N)C(=O)C(Cc2ccccc2)C(=O)OCc2ccccc2)c1. The molecular weight excluding hydrogens is 410 g/mol. The summed E-state index contributed by atoms with van der Waals surface area (Å²) < 4.78 is 10.1. The van der Waals surface area contributed by atoms with Gasteiger partial charge in [-0.1, -0.05) is 60.7 Å². The largest absolute Gasteiger partial charge is 0.465 e. The monoisotopic (exact) mass is 433 g/mol. The average Bonchev–Trinajstić information content (AvgIpc) is 2.85. The van der Waals surface area contributed by atoms with Crippen molar-refractivity contribution in [3.8, 4) is 0 Å². The summed E-state index contributed by atoms with van der Waals surface area (Å²) in [5.74, 6) is 2.80. The Bertz CT molecular complexity index is 1070. The molecule has 1 atom stereocenters. The van der Waals surface area contributed by atoms with Crippen LogP contribution in [0.3, 0.4) is 0 Å². The Kier molecular flexibility index (Phi) is 7.66. The van der Waals surface area contributed by atoms with Gasteiger partial charge >= 0.3 is 11.9 Å². The molecule has 1 heterocycles. The first-order valence-electron chi connectivity index (χ1n) is 9.87. The van der Waals surface area contributed by atoms with Gasteiger partial charge in [0.05, 0.1) is 12.7 Å². The Morgan fingerprint density at radius 2 is 1.59 bits per heavy atom. The predicted molar refractivity (Wildman–Crippen MR) is 117 cm³/mol. The minimum absolute atomic E-state index is 0.00632. The molecule has 0 spiro atoms. The van der Waals surface area contributed by atoms with Crippen LogP contribution in [0.1, 0.15) is 21.5 Å². The fourth-order valence-electron chi connectivity index (χ4n) is 3.03. The zero-order chi connectivity index (χ0) is 22.9. The second kappa shape index (κ2) is 10.8. The van der Waals surface area contributed by atoms with Crippen molar-refractivity contribution >= 4 is 23.7 Å². The van der Waals surface area contributed by atoms with Gasteiger partial charge < -0.3 is 9.47 Å². The number of anilines is 1. The summed E-state index contributed by atoms with van der Waals surface area (Å²) in [6.07, 6.45) is 1.42. The smallest absolute Gasteiger partial charge is 0.338 e. The van der Waals surface area contributed by atoms with Gasteiger partial charge in [0.2, 0.25) is 0 Å². The number of carbonyl (C=O) groups is 3. The molecule has 164 valence electrons. The number of aromatic nitrogens is 1. The number of esters is 2. The summed E-state index contributed by atoms with van der Waals surface area (Å²) in [5, 5.41) is 0.754. The molecular formula is C24H23N3O5. The van der Waals surface area contributed by atoms with Crippen molar-refractivity contribution in [3.63, 3.8) is 0 Å². The van der Waals surface area contributed by atoms with Crippen molar-refractivity contribution in [2.45, 2.75) is 13.0 Å². The number of rotatable bonds is 8. The second-order valence-corrected chi connectivity index (χ2v) is 6.94. The summed E-state index contributed by atoms with van der Waals surface area (Å²) in [4.78, 5) is 41.9. The van der Waals surface area contributed by atoms with E-state index in [2.05, 4.69) is 9.72 Å². The molecule has 32 heavy (non-hydrogen) atoms. The number of carbonyl (C=O) groups excluding carboxylic acids is 3. The summed E-state index contributed by atoms with van der Waals surface area (Å²) in [6, 6.07) is 21.0. The van der Waals surface area contributed by atoms with Crippen LogP contribution in [0.25, 0.3) is 0 Å². The molecule has 1 aromatic heterocycles. The van der Waals surface area contributed by atoms with E-state index in [4.69, 9.17) is 10.6 Å². The number of pyridine rings is 1. The Morgan fingerprint density at radius 1 is 0.969 bits per heavy atom. The third kappa shape index (κ3) is 5.77. The predicted octanol–water partition coefficient (Wildman–Crippen LogP) is 2.68. The highest BCUT2D eigenvalue weighted by Crippen LogP contribution is 2.18. The number of ether oxygens (including phenoxy) is 2. The third-order valence-corrected chi connectivity index (χ3v) is 4.74. The molecule has 0 saturated heterocycles. The number of hydrazine groups is 1. The lowest BCUT2D eigenvalue weighted by Crippen LogP contribution is -2.46. The maximum absolute atomic E-state index is 13.2. The van der Waals surface area contributed by atoms with Gasteiger partial charge in [-0.15, -0.1) is 0 Å². The normalized spacial score (nSPS) is 11.3. The van der Waals surface area contributed by atoms with Crippen molar-refractivity contribution in [3.05, 3.63) is 95.7 Å². The Balaban J connectivity index is 1.82. The van der Waals surface area contributed by atoms with E-state index in [9.17, 15) is 14.4 Å². The minimum Gasteiger partial charge on any atom is -0.465 e. The van der Waals surface area contributed by atoms with E-state index in [0.29, 0.717) is 0 Å². The molecule has 0 bridgehead atoms. The van der Waals surface area contributed by atoms with Crippen LogP contribution >= 0.6 is 0 Å². The molecule has 0 aliphatic heterocycles. The van der Waals surface area contributed by atoms with Crippen LogP contribution in [-0.2, 0) is 32.1 Å². The molecule has 1 amide bonds. The summed E-state index contributed by atoms with van der Waals surface area (Å²) in [5.41, 5.74) is 1.74. The zero-order valence-corrected chi connectivity index (χ0v) is 17.5. The van der Waals surface area contributed by atoms with Crippen LogP contribution in [0.15, 0.2) is 79.0 Å². The number of hydrogen-bond donors (Lipinski definition) is 1. The Morgan fingerprint density at radius 3 is 2.22 bits per heavy atom. The van der Waals surface area contributed by atoms with E-state index in [1.807, 2.05) is 60.7 Å². The highest BCUT2D eigenvalue weighted by atomic mass is 16.5. The Hall–Kier alpha value is -4.04. The van der Waals surface area contributed by atoms with Crippen LogP contribution in [0.4, 0.5) is 5.82 Å². The summed E-state index contributed by atoms with van der Waals surface area (Å²) in [6.45, 7) is 0.0267. The maximum Gasteiger partial charge on any atom is 0.338 e. The summed E-state index contributed by atoms with van der Waals surface area (Å²) >= 11 is 0.